The maximum Gasteiger partial charge on any atom is 0.338 e. The summed E-state index contributed by atoms with van der Waals surface area (Å²) in [5.74, 6) is -0.947. The summed E-state index contributed by atoms with van der Waals surface area (Å²) in [5.41, 5.74) is 1.67. The SMILES string of the molecule is CC[C@@H](C)NC(=O)COC(=O)c1ccc2c(c1)CCN2S(C)(=O)=O. The van der Waals surface area contributed by atoms with Crippen molar-refractivity contribution in [2.24, 2.45) is 0 Å². The van der Waals surface area contributed by atoms with Crippen LogP contribution < -0.4 is 9.62 Å². The van der Waals surface area contributed by atoms with Crippen LogP contribution in [0.5, 0.6) is 0 Å². The Labute approximate surface area is 142 Å². The number of nitrogens with one attached hydrogen (secondary N) is 1. The van der Waals surface area contributed by atoms with Gasteiger partial charge in [-0.1, -0.05) is 6.92 Å². The predicted molar refractivity (Wildman–Crippen MR) is 90.5 cm³/mol. The topological polar surface area (TPSA) is 92.8 Å². The van der Waals surface area contributed by atoms with E-state index >= 15 is 0 Å². The second kappa shape index (κ2) is 7.21. The molecule has 132 valence electrons. The molecule has 1 aliphatic rings. The monoisotopic (exact) mass is 354 g/mol. The zero-order valence-electron chi connectivity index (χ0n) is 14.0. The molecular weight excluding hydrogens is 332 g/mol. The van der Waals surface area contributed by atoms with Crippen LogP contribution in [-0.2, 0) is 26.0 Å². The average Bonchev–Trinajstić information content (AvgIpc) is 2.95. The molecule has 24 heavy (non-hydrogen) atoms. The van der Waals surface area contributed by atoms with E-state index in [9.17, 15) is 18.0 Å². The summed E-state index contributed by atoms with van der Waals surface area (Å²) in [7, 11) is -3.32. The fraction of sp³-hybridized carbons (Fsp3) is 0.500. The van der Waals surface area contributed by atoms with Gasteiger partial charge in [-0.25, -0.2) is 13.2 Å². The van der Waals surface area contributed by atoms with E-state index in [2.05, 4.69) is 5.32 Å². The number of anilines is 1. The van der Waals surface area contributed by atoms with E-state index in [1.54, 1.807) is 12.1 Å². The average molecular weight is 354 g/mol. The lowest BCUT2D eigenvalue weighted by molar-refractivity contribution is -0.124. The summed E-state index contributed by atoms with van der Waals surface area (Å²) in [6, 6.07) is 4.75. The molecule has 0 spiro atoms. The third-order valence-corrected chi connectivity index (χ3v) is 5.10. The molecule has 0 saturated carbocycles. The van der Waals surface area contributed by atoms with Crippen LogP contribution in [0, 0.1) is 0 Å². The fourth-order valence-electron chi connectivity index (χ4n) is 2.48. The van der Waals surface area contributed by atoms with Crippen molar-refractivity contribution in [3.63, 3.8) is 0 Å². The highest BCUT2D eigenvalue weighted by Gasteiger charge is 2.27. The van der Waals surface area contributed by atoms with Gasteiger partial charge in [0.2, 0.25) is 10.0 Å². The van der Waals surface area contributed by atoms with Gasteiger partial charge < -0.3 is 10.1 Å². The van der Waals surface area contributed by atoms with Crippen LogP contribution in [0.3, 0.4) is 0 Å². The molecule has 1 aromatic rings. The first-order valence-corrected chi connectivity index (χ1v) is 9.64. The number of carbonyl (C=O) groups is 2. The van der Waals surface area contributed by atoms with E-state index < -0.39 is 16.0 Å². The Kier molecular flexibility index (Phi) is 5.48. The van der Waals surface area contributed by atoms with Gasteiger partial charge in [0, 0.05) is 12.6 Å². The van der Waals surface area contributed by atoms with Crippen molar-refractivity contribution in [1.82, 2.24) is 5.32 Å². The number of sulfonamides is 1. The van der Waals surface area contributed by atoms with Crippen molar-refractivity contribution in [1.29, 1.82) is 0 Å². The second-order valence-electron chi connectivity index (χ2n) is 5.88. The van der Waals surface area contributed by atoms with E-state index in [0.717, 1.165) is 18.2 Å². The highest BCUT2D eigenvalue weighted by molar-refractivity contribution is 7.92. The normalized spacial score (nSPS) is 14.9. The predicted octanol–water partition coefficient (Wildman–Crippen LogP) is 1.08. The maximum atomic E-state index is 12.0. The minimum absolute atomic E-state index is 0.0261. The highest BCUT2D eigenvalue weighted by Crippen LogP contribution is 2.30. The van der Waals surface area contributed by atoms with Crippen LogP contribution in [0.1, 0.15) is 36.2 Å². The van der Waals surface area contributed by atoms with Crippen LogP contribution >= 0.6 is 0 Å². The summed E-state index contributed by atoms with van der Waals surface area (Å²) in [6.45, 7) is 3.84. The number of ether oxygens (including phenoxy) is 1. The molecule has 0 radical (unpaired) electrons. The van der Waals surface area contributed by atoms with Gasteiger partial charge in [0.05, 0.1) is 17.5 Å². The summed E-state index contributed by atoms with van der Waals surface area (Å²) in [5, 5.41) is 2.71. The van der Waals surface area contributed by atoms with Crippen LogP contribution in [0.2, 0.25) is 0 Å². The number of hydrogen-bond donors (Lipinski definition) is 1. The molecule has 0 aliphatic carbocycles. The summed E-state index contributed by atoms with van der Waals surface area (Å²) >= 11 is 0. The number of esters is 1. The minimum atomic E-state index is -3.32. The lowest BCUT2D eigenvalue weighted by Gasteiger charge is -2.16. The van der Waals surface area contributed by atoms with Crippen LogP contribution in [-0.4, -0.2) is 45.7 Å². The Morgan fingerprint density at radius 2 is 2.08 bits per heavy atom. The van der Waals surface area contributed by atoms with Gasteiger partial charge in [-0.2, -0.15) is 0 Å². The van der Waals surface area contributed by atoms with Crippen LogP contribution in [0.25, 0.3) is 0 Å². The second-order valence-corrected chi connectivity index (χ2v) is 7.79. The first-order chi connectivity index (χ1) is 11.2. The number of nitrogens with zero attached hydrogens (tertiary/aromatic N) is 1. The number of carbonyl (C=O) groups excluding carboxylic acids is 2. The van der Waals surface area contributed by atoms with E-state index in [-0.39, 0.29) is 18.6 Å². The highest BCUT2D eigenvalue weighted by atomic mass is 32.2. The smallest absolute Gasteiger partial charge is 0.338 e. The van der Waals surface area contributed by atoms with Crippen LogP contribution in [0.4, 0.5) is 5.69 Å². The fourth-order valence-corrected chi connectivity index (χ4v) is 3.43. The van der Waals surface area contributed by atoms with Crippen molar-refractivity contribution < 1.29 is 22.7 Å². The Morgan fingerprint density at radius 1 is 1.38 bits per heavy atom. The quantitative estimate of drug-likeness (QED) is 0.772. The first kappa shape index (κ1) is 18.3. The minimum Gasteiger partial charge on any atom is -0.452 e. The molecular formula is C16H22N2O5S. The molecule has 0 saturated heterocycles. The number of rotatable bonds is 6. The van der Waals surface area contributed by atoms with Gasteiger partial charge in [-0.05, 0) is 43.5 Å². The van der Waals surface area contributed by atoms with Gasteiger partial charge in [-0.3, -0.25) is 9.10 Å². The molecule has 0 bridgehead atoms. The molecule has 8 heteroatoms. The van der Waals surface area contributed by atoms with Gasteiger partial charge in [0.25, 0.3) is 5.91 Å². The summed E-state index contributed by atoms with van der Waals surface area (Å²) in [6.07, 6.45) is 2.49. The summed E-state index contributed by atoms with van der Waals surface area (Å²) < 4.78 is 29.7. The summed E-state index contributed by atoms with van der Waals surface area (Å²) in [4.78, 5) is 23.7. The molecule has 1 aliphatic heterocycles. The van der Waals surface area contributed by atoms with E-state index in [1.165, 1.54) is 10.4 Å². The van der Waals surface area contributed by atoms with Crippen molar-refractivity contribution in [3.8, 4) is 0 Å². The Hall–Kier alpha value is -2.09. The number of hydrogen-bond acceptors (Lipinski definition) is 5. The molecule has 1 amide bonds. The molecule has 0 fully saturated rings. The molecule has 7 nitrogen and oxygen atoms in total. The molecule has 2 rings (SSSR count). The standard InChI is InChI=1S/C16H22N2O5S/c1-4-11(2)17-15(19)10-23-16(20)13-5-6-14-12(9-13)7-8-18(14)24(3,21)22/h5-6,9,11H,4,7-8,10H2,1-3H3,(H,17,19)/t11-/m1/s1. The molecule has 0 aromatic heterocycles. The lowest BCUT2D eigenvalue weighted by atomic mass is 10.1. The van der Waals surface area contributed by atoms with Gasteiger partial charge in [0.15, 0.2) is 6.61 Å². The van der Waals surface area contributed by atoms with E-state index in [0.29, 0.717) is 24.2 Å². The first-order valence-electron chi connectivity index (χ1n) is 7.79. The van der Waals surface area contributed by atoms with Crippen molar-refractivity contribution in [2.75, 3.05) is 23.7 Å². The molecule has 0 unspecified atom stereocenters. The number of fused-ring (bicyclic) bond motifs is 1. The van der Waals surface area contributed by atoms with Crippen molar-refractivity contribution >= 4 is 27.6 Å². The van der Waals surface area contributed by atoms with Gasteiger partial charge in [-0.15, -0.1) is 0 Å². The Balaban J connectivity index is 2.01. The third kappa shape index (κ3) is 4.25. The zero-order chi connectivity index (χ0) is 17.9. The molecule has 1 N–H and O–H groups in total. The zero-order valence-corrected chi connectivity index (χ0v) is 14.9. The molecule has 1 aromatic carbocycles. The van der Waals surface area contributed by atoms with Crippen LogP contribution in [0.15, 0.2) is 18.2 Å². The van der Waals surface area contributed by atoms with Crippen molar-refractivity contribution in [3.05, 3.63) is 29.3 Å². The molecule has 1 atom stereocenters. The third-order valence-electron chi connectivity index (χ3n) is 3.92. The number of benzene rings is 1. The van der Waals surface area contributed by atoms with Gasteiger partial charge in [0.1, 0.15) is 0 Å². The molecule has 1 heterocycles. The van der Waals surface area contributed by atoms with E-state index in [1.807, 2.05) is 13.8 Å². The maximum absolute atomic E-state index is 12.0. The van der Waals surface area contributed by atoms with E-state index in [4.69, 9.17) is 4.74 Å². The lowest BCUT2D eigenvalue weighted by Crippen LogP contribution is -2.35. The number of amides is 1. The van der Waals surface area contributed by atoms with Crippen molar-refractivity contribution in [2.45, 2.75) is 32.7 Å². The Bertz CT molecular complexity index is 745. The largest absolute Gasteiger partial charge is 0.452 e. The Morgan fingerprint density at radius 3 is 2.71 bits per heavy atom. The van der Waals surface area contributed by atoms with Gasteiger partial charge >= 0.3 is 5.97 Å².